The summed E-state index contributed by atoms with van der Waals surface area (Å²) in [5.41, 5.74) is 6.26. The smallest absolute Gasteiger partial charge is 0.126 e. The summed E-state index contributed by atoms with van der Waals surface area (Å²) < 4.78 is 12.7. The highest BCUT2D eigenvalue weighted by Crippen LogP contribution is 2.07. The molecule has 1 rings (SSSR count). The Morgan fingerprint density at radius 3 is 2.31 bits per heavy atom. The van der Waals surface area contributed by atoms with E-state index in [0.29, 0.717) is 11.1 Å². The van der Waals surface area contributed by atoms with Gasteiger partial charge in [-0.2, -0.15) is 0 Å². The summed E-state index contributed by atoms with van der Waals surface area (Å²) in [5, 5.41) is 7.06. The zero-order valence-corrected chi connectivity index (χ0v) is 8.19. The topological polar surface area (TPSA) is 49.9 Å². The van der Waals surface area contributed by atoms with Crippen LogP contribution in [0.4, 0.5) is 4.39 Å². The van der Waals surface area contributed by atoms with Crippen LogP contribution in [-0.4, -0.2) is 5.84 Å². The average molecular weight is 182 g/mol. The minimum atomic E-state index is -0.269. The Bertz CT molecular complexity index is 295. The van der Waals surface area contributed by atoms with Crippen LogP contribution in [0.2, 0.25) is 0 Å². The largest absolute Gasteiger partial charge is 0.384 e. The molecular weight excluding hydrogens is 167 g/mol. The van der Waals surface area contributed by atoms with Gasteiger partial charge in [0.1, 0.15) is 11.7 Å². The summed E-state index contributed by atoms with van der Waals surface area (Å²) in [6, 6.07) is 4.36. The molecule has 72 valence electrons. The Hall–Kier alpha value is -1.38. The molecule has 0 bridgehead atoms. The number of halogens is 1. The van der Waals surface area contributed by atoms with Crippen molar-refractivity contribution < 1.29 is 4.39 Å². The molecule has 0 aliphatic rings. The Kier molecular flexibility index (Phi) is 4.74. The van der Waals surface area contributed by atoms with Gasteiger partial charge in [0.05, 0.1) is 0 Å². The molecule has 1 aromatic carbocycles. The summed E-state index contributed by atoms with van der Waals surface area (Å²) in [7, 11) is 0. The number of hydrogen-bond acceptors (Lipinski definition) is 1. The van der Waals surface area contributed by atoms with Crippen molar-refractivity contribution in [3.8, 4) is 0 Å². The molecule has 0 heterocycles. The van der Waals surface area contributed by atoms with Crippen molar-refractivity contribution in [1.29, 1.82) is 5.41 Å². The van der Waals surface area contributed by atoms with Crippen molar-refractivity contribution in [3.63, 3.8) is 0 Å². The van der Waals surface area contributed by atoms with Crippen LogP contribution in [0.25, 0.3) is 0 Å². The molecule has 0 fully saturated rings. The highest BCUT2D eigenvalue weighted by Gasteiger charge is 1.99. The maximum absolute atomic E-state index is 12.7. The van der Waals surface area contributed by atoms with Crippen LogP contribution in [0.15, 0.2) is 18.2 Å². The quantitative estimate of drug-likeness (QED) is 0.508. The zero-order valence-electron chi connectivity index (χ0n) is 8.19. The van der Waals surface area contributed by atoms with E-state index in [4.69, 9.17) is 11.1 Å². The number of nitrogens with two attached hydrogens (primary N) is 1. The van der Waals surface area contributed by atoms with Crippen LogP contribution in [0.1, 0.15) is 25.0 Å². The van der Waals surface area contributed by atoms with Gasteiger partial charge in [0.15, 0.2) is 0 Å². The van der Waals surface area contributed by atoms with E-state index in [1.54, 1.807) is 13.0 Å². The van der Waals surface area contributed by atoms with Crippen LogP contribution in [-0.2, 0) is 0 Å². The molecule has 3 N–H and O–H groups in total. The first kappa shape index (κ1) is 11.6. The standard InChI is InChI=1S/C8H9FN2.C2H6/c1-5-4-6(8(10)11)2-3-7(5)9;1-2/h2-4H,1H3,(H3,10,11);1-2H3. The second-order valence-electron chi connectivity index (χ2n) is 2.38. The van der Waals surface area contributed by atoms with Gasteiger partial charge in [-0.3, -0.25) is 5.41 Å². The highest BCUT2D eigenvalue weighted by atomic mass is 19.1. The first-order chi connectivity index (χ1) is 6.11. The van der Waals surface area contributed by atoms with Crippen molar-refractivity contribution in [2.45, 2.75) is 20.8 Å². The first-order valence-electron chi connectivity index (χ1n) is 4.22. The molecule has 2 nitrogen and oxygen atoms in total. The molecule has 3 heteroatoms. The van der Waals surface area contributed by atoms with Crippen molar-refractivity contribution in [1.82, 2.24) is 0 Å². The second kappa shape index (κ2) is 5.30. The highest BCUT2D eigenvalue weighted by molar-refractivity contribution is 5.95. The van der Waals surface area contributed by atoms with Gasteiger partial charge < -0.3 is 5.73 Å². The van der Waals surface area contributed by atoms with Crippen molar-refractivity contribution in [2.24, 2.45) is 5.73 Å². The number of amidine groups is 1. The number of nitrogen functional groups attached to an aromatic ring is 1. The lowest BCUT2D eigenvalue weighted by molar-refractivity contribution is 0.618. The third kappa shape index (κ3) is 3.23. The molecule has 0 aliphatic heterocycles. The summed E-state index contributed by atoms with van der Waals surface area (Å²) >= 11 is 0. The van der Waals surface area contributed by atoms with Gasteiger partial charge in [-0.1, -0.05) is 13.8 Å². The molecule has 0 spiro atoms. The van der Waals surface area contributed by atoms with E-state index in [1.807, 2.05) is 13.8 Å². The van der Waals surface area contributed by atoms with E-state index in [1.165, 1.54) is 12.1 Å². The maximum atomic E-state index is 12.7. The first-order valence-corrected chi connectivity index (χ1v) is 4.22. The van der Waals surface area contributed by atoms with Crippen LogP contribution in [0.5, 0.6) is 0 Å². The van der Waals surface area contributed by atoms with Gasteiger partial charge in [-0.25, -0.2) is 4.39 Å². The Morgan fingerprint density at radius 1 is 1.38 bits per heavy atom. The van der Waals surface area contributed by atoms with Crippen molar-refractivity contribution in [2.75, 3.05) is 0 Å². The Balaban J connectivity index is 0.000000671. The van der Waals surface area contributed by atoms with E-state index >= 15 is 0 Å². The average Bonchev–Trinajstić information content (AvgIpc) is 2.13. The summed E-state index contributed by atoms with van der Waals surface area (Å²) in [5.74, 6) is -0.303. The minimum absolute atomic E-state index is 0.0342. The monoisotopic (exact) mass is 182 g/mol. The van der Waals surface area contributed by atoms with Crippen molar-refractivity contribution in [3.05, 3.63) is 35.1 Å². The Morgan fingerprint density at radius 2 is 1.92 bits per heavy atom. The number of nitrogens with one attached hydrogen (secondary N) is 1. The van der Waals surface area contributed by atoms with Crippen LogP contribution >= 0.6 is 0 Å². The second-order valence-corrected chi connectivity index (χ2v) is 2.38. The van der Waals surface area contributed by atoms with Crippen LogP contribution in [0, 0.1) is 18.2 Å². The van der Waals surface area contributed by atoms with E-state index in [2.05, 4.69) is 0 Å². The molecular formula is C10H15FN2. The molecule has 0 atom stereocenters. The summed E-state index contributed by atoms with van der Waals surface area (Å²) in [4.78, 5) is 0. The number of hydrogen-bond donors (Lipinski definition) is 2. The minimum Gasteiger partial charge on any atom is -0.384 e. The molecule has 1 aromatic rings. The number of aryl methyl sites for hydroxylation is 1. The van der Waals surface area contributed by atoms with Gasteiger partial charge in [-0.05, 0) is 30.7 Å². The van der Waals surface area contributed by atoms with E-state index in [-0.39, 0.29) is 11.7 Å². The third-order valence-corrected chi connectivity index (χ3v) is 1.47. The van der Waals surface area contributed by atoms with Crippen molar-refractivity contribution >= 4 is 5.84 Å². The number of benzene rings is 1. The lowest BCUT2D eigenvalue weighted by Crippen LogP contribution is -2.11. The van der Waals surface area contributed by atoms with Gasteiger partial charge in [0.2, 0.25) is 0 Å². The molecule has 0 aliphatic carbocycles. The lowest BCUT2D eigenvalue weighted by atomic mass is 10.1. The molecule has 0 saturated heterocycles. The van der Waals surface area contributed by atoms with E-state index in [9.17, 15) is 4.39 Å². The Labute approximate surface area is 78.1 Å². The maximum Gasteiger partial charge on any atom is 0.126 e. The molecule has 0 amide bonds. The zero-order chi connectivity index (χ0) is 10.4. The van der Waals surface area contributed by atoms with E-state index in [0.717, 1.165) is 0 Å². The molecule has 0 saturated carbocycles. The number of rotatable bonds is 1. The van der Waals surface area contributed by atoms with Crippen LogP contribution < -0.4 is 5.73 Å². The molecule has 0 radical (unpaired) electrons. The SMILES string of the molecule is CC.Cc1cc(C(=N)N)ccc1F. The summed E-state index contributed by atoms with van der Waals surface area (Å²) in [6.07, 6.45) is 0. The fourth-order valence-corrected chi connectivity index (χ4v) is 0.812. The molecule has 13 heavy (non-hydrogen) atoms. The normalized spacial score (nSPS) is 8.62. The molecule has 0 aromatic heterocycles. The molecule has 0 unspecified atom stereocenters. The van der Waals surface area contributed by atoms with E-state index < -0.39 is 0 Å². The van der Waals surface area contributed by atoms with Crippen LogP contribution in [0.3, 0.4) is 0 Å². The third-order valence-electron chi connectivity index (χ3n) is 1.47. The van der Waals surface area contributed by atoms with Gasteiger partial charge in [-0.15, -0.1) is 0 Å². The fraction of sp³-hybridized carbons (Fsp3) is 0.300. The lowest BCUT2D eigenvalue weighted by Gasteiger charge is -1.99. The fourth-order valence-electron chi connectivity index (χ4n) is 0.812. The van der Waals surface area contributed by atoms with Gasteiger partial charge in [0.25, 0.3) is 0 Å². The van der Waals surface area contributed by atoms with Gasteiger partial charge in [0, 0.05) is 5.56 Å². The predicted octanol–water partition coefficient (Wildman–Crippen LogP) is 2.44. The predicted molar refractivity (Wildman–Crippen MR) is 53.5 cm³/mol. The van der Waals surface area contributed by atoms with Gasteiger partial charge >= 0.3 is 0 Å². The summed E-state index contributed by atoms with van der Waals surface area (Å²) in [6.45, 7) is 5.64.